The summed E-state index contributed by atoms with van der Waals surface area (Å²) >= 11 is 1.71. The molecule has 1 atom stereocenters. The lowest BCUT2D eigenvalue weighted by atomic mass is 10.1. The van der Waals surface area contributed by atoms with Gasteiger partial charge in [-0.25, -0.2) is 0 Å². The molecule has 0 spiro atoms. The van der Waals surface area contributed by atoms with E-state index in [1.807, 2.05) is 23.1 Å². The van der Waals surface area contributed by atoms with Crippen LogP contribution in [0.15, 0.2) is 42.5 Å². The van der Waals surface area contributed by atoms with E-state index in [1.165, 1.54) is 15.3 Å². The Hall–Kier alpha value is -1.40. The van der Waals surface area contributed by atoms with Crippen LogP contribution < -0.4 is 5.73 Å². The highest BCUT2D eigenvalue weighted by Crippen LogP contribution is 2.18. The van der Waals surface area contributed by atoms with E-state index >= 15 is 0 Å². The maximum absolute atomic E-state index is 12.6. The fourth-order valence-electron chi connectivity index (χ4n) is 2.42. The van der Waals surface area contributed by atoms with Crippen LogP contribution in [0.2, 0.25) is 0 Å². The average Bonchev–Trinajstić information content (AvgIpc) is 2.97. The summed E-state index contributed by atoms with van der Waals surface area (Å²) < 4.78 is 5.02. The van der Waals surface area contributed by atoms with E-state index in [-0.39, 0.29) is 24.9 Å². The SMILES string of the molecule is COCC(N)C(=O)N(CCc1ccccc1)Cc1ccc(C)s1.Cl. The molecule has 6 heteroatoms. The summed E-state index contributed by atoms with van der Waals surface area (Å²) in [5.74, 6) is -0.0613. The van der Waals surface area contributed by atoms with Crippen molar-refractivity contribution in [3.63, 3.8) is 0 Å². The molecule has 0 aliphatic rings. The lowest BCUT2D eigenvalue weighted by molar-refractivity contribution is -0.134. The number of benzene rings is 1. The number of methoxy groups -OCH3 is 1. The molecule has 132 valence electrons. The van der Waals surface area contributed by atoms with Gasteiger partial charge < -0.3 is 15.4 Å². The molecule has 0 aliphatic heterocycles. The number of nitrogens with zero attached hydrogens (tertiary/aromatic N) is 1. The average molecular weight is 369 g/mol. The summed E-state index contributed by atoms with van der Waals surface area (Å²) in [4.78, 5) is 16.8. The number of ether oxygens (including phenoxy) is 1. The first kappa shape index (κ1) is 20.6. The number of halogens is 1. The molecule has 0 aliphatic carbocycles. The van der Waals surface area contributed by atoms with E-state index < -0.39 is 6.04 Å². The molecule has 1 amide bonds. The fraction of sp³-hybridized carbons (Fsp3) is 0.389. The molecule has 4 nitrogen and oxygen atoms in total. The molecule has 1 heterocycles. The minimum atomic E-state index is -0.614. The molecule has 1 aromatic carbocycles. The van der Waals surface area contributed by atoms with Gasteiger partial charge in [-0.05, 0) is 31.0 Å². The maximum atomic E-state index is 12.6. The number of hydrogen-bond acceptors (Lipinski definition) is 4. The van der Waals surface area contributed by atoms with Crippen LogP contribution >= 0.6 is 23.7 Å². The fourth-order valence-corrected chi connectivity index (χ4v) is 3.33. The van der Waals surface area contributed by atoms with Gasteiger partial charge in [0.15, 0.2) is 0 Å². The lowest BCUT2D eigenvalue weighted by Gasteiger charge is -2.25. The number of carbonyl (C=O) groups is 1. The largest absolute Gasteiger partial charge is 0.383 e. The first-order chi connectivity index (χ1) is 11.1. The van der Waals surface area contributed by atoms with E-state index in [9.17, 15) is 4.79 Å². The third kappa shape index (κ3) is 6.24. The summed E-state index contributed by atoms with van der Waals surface area (Å²) in [6.45, 7) is 3.56. The second-order valence-corrected chi connectivity index (χ2v) is 6.94. The molecule has 0 radical (unpaired) electrons. The number of carbonyl (C=O) groups excluding carboxylic acids is 1. The molecule has 24 heavy (non-hydrogen) atoms. The maximum Gasteiger partial charge on any atom is 0.242 e. The van der Waals surface area contributed by atoms with Crippen molar-refractivity contribution in [2.45, 2.75) is 25.9 Å². The van der Waals surface area contributed by atoms with Crippen molar-refractivity contribution < 1.29 is 9.53 Å². The van der Waals surface area contributed by atoms with Crippen LogP contribution in [-0.4, -0.2) is 37.1 Å². The molecule has 0 bridgehead atoms. The van der Waals surface area contributed by atoms with Gasteiger partial charge in [-0.2, -0.15) is 0 Å². The molecule has 1 aromatic heterocycles. The Bertz CT molecular complexity index is 618. The van der Waals surface area contributed by atoms with Crippen LogP contribution in [0.25, 0.3) is 0 Å². The Morgan fingerprint density at radius 1 is 1.25 bits per heavy atom. The van der Waals surface area contributed by atoms with E-state index in [4.69, 9.17) is 10.5 Å². The minimum absolute atomic E-state index is 0. The third-order valence-corrected chi connectivity index (χ3v) is 4.62. The molecular formula is C18H25ClN2O2S. The van der Waals surface area contributed by atoms with Crippen molar-refractivity contribution in [2.75, 3.05) is 20.3 Å². The van der Waals surface area contributed by atoms with Crippen molar-refractivity contribution in [3.05, 3.63) is 57.8 Å². The second-order valence-electron chi connectivity index (χ2n) is 5.57. The molecule has 2 rings (SSSR count). The highest BCUT2D eigenvalue weighted by atomic mass is 35.5. The summed E-state index contributed by atoms with van der Waals surface area (Å²) in [5, 5.41) is 0. The van der Waals surface area contributed by atoms with Crippen LogP contribution in [0, 0.1) is 6.92 Å². The lowest BCUT2D eigenvalue weighted by Crippen LogP contribution is -2.46. The zero-order valence-electron chi connectivity index (χ0n) is 14.1. The third-order valence-electron chi connectivity index (χ3n) is 3.63. The van der Waals surface area contributed by atoms with E-state index in [0.717, 1.165) is 6.42 Å². The van der Waals surface area contributed by atoms with Crippen molar-refractivity contribution >= 4 is 29.7 Å². The predicted molar refractivity (Wildman–Crippen MR) is 102 cm³/mol. The molecule has 1 unspecified atom stereocenters. The Kier molecular flexibility index (Phi) is 9.00. The van der Waals surface area contributed by atoms with Crippen molar-refractivity contribution in [3.8, 4) is 0 Å². The van der Waals surface area contributed by atoms with E-state index in [0.29, 0.717) is 13.1 Å². The first-order valence-corrected chi connectivity index (χ1v) is 8.54. The van der Waals surface area contributed by atoms with Crippen molar-refractivity contribution in [2.24, 2.45) is 5.73 Å². The highest BCUT2D eigenvalue weighted by molar-refractivity contribution is 7.11. The Morgan fingerprint density at radius 2 is 1.96 bits per heavy atom. The zero-order valence-corrected chi connectivity index (χ0v) is 15.7. The van der Waals surface area contributed by atoms with Gasteiger partial charge >= 0.3 is 0 Å². The van der Waals surface area contributed by atoms with Gasteiger partial charge in [0, 0.05) is 23.4 Å². The number of amides is 1. The molecule has 2 N–H and O–H groups in total. The molecule has 0 saturated carbocycles. The highest BCUT2D eigenvalue weighted by Gasteiger charge is 2.21. The number of aryl methyl sites for hydroxylation is 1. The molecule has 0 fully saturated rings. The van der Waals surface area contributed by atoms with Crippen LogP contribution in [0.3, 0.4) is 0 Å². The van der Waals surface area contributed by atoms with Gasteiger partial charge in [0.05, 0.1) is 13.2 Å². The minimum Gasteiger partial charge on any atom is -0.383 e. The van der Waals surface area contributed by atoms with Crippen LogP contribution in [0.5, 0.6) is 0 Å². The summed E-state index contributed by atoms with van der Waals surface area (Å²) in [6.07, 6.45) is 0.816. The predicted octanol–water partition coefficient (Wildman–Crippen LogP) is 3.02. The van der Waals surface area contributed by atoms with Crippen LogP contribution in [0.4, 0.5) is 0 Å². The second kappa shape index (κ2) is 10.5. The summed E-state index contributed by atoms with van der Waals surface area (Å²) in [7, 11) is 1.56. The standard InChI is InChI=1S/C18H24N2O2S.ClH/c1-14-8-9-16(23-14)12-20(18(21)17(19)13-22-2)11-10-15-6-4-3-5-7-15;/h3-9,17H,10-13,19H2,1-2H3;1H. The molecule has 2 aromatic rings. The number of hydrogen-bond donors (Lipinski definition) is 1. The summed E-state index contributed by atoms with van der Waals surface area (Å²) in [5.41, 5.74) is 7.16. The Balaban J connectivity index is 0.00000288. The smallest absolute Gasteiger partial charge is 0.242 e. The van der Waals surface area contributed by atoms with Crippen molar-refractivity contribution in [1.29, 1.82) is 0 Å². The quantitative estimate of drug-likeness (QED) is 0.779. The van der Waals surface area contributed by atoms with Gasteiger partial charge in [-0.3, -0.25) is 4.79 Å². The van der Waals surface area contributed by atoms with Gasteiger partial charge in [-0.1, -0.05) is 30.3 Å². The molecular weight excluding hydrogens is 344 g/mol. The van der Waals surface area contributed by atoms with Gasteiger partial charge in [0.1, 0.15) is 6.04 Å². The topological polar surface area (TPSA) is 55.6 Å². The number of rotatable bonds is 8. The normalized spacial score (nSPS) is 11.6. The number of thiophene rings is 1. The Labute approximate surface area is 154 Å². The van der Waals surface area contributed by atoms with E-state index in [1.54, 1.807) is 18.4 Å². The van der Waals surface area contributed by atoms with E-state index in [2.05, 4.69) is 31.2 Å². The Morgan fingerprint density at radius 3 is 2.54 bits per heavy atom. The van der Waals surface area contributed by atoms with Gasteiger partial charge in [0.2, 0.25) is 5.91 Å². The molecule has 0 saturated heterocycles. The van der Waals surface area contributed by atoms with Crippen molar-refractivity contribution in [1.82, 2.24) is 4.90 Å². The van der Waals surface area contributed by atoms with Gasteiger partial charge in [0.25, 0.3) is 0 Å². The first-order valence-electron chi connectivity index (χ1n) is 7.72. The van der Waals surface area contributed by atoms with Crippen LogP contribution in [-0.2, 0) is 22.5 Å². The zero-order chi connectivity index (χ0) is 16.7. The monoisotopic (exact) mass is 368 g/mol. The summed E-state index contributed by atoms with van der Waals surface area (Å²) in [6, 6.07) is 13.7. The van der Waals surface area contributed by atoms with Gasteiger partial charge in [-0.15, -0.1) is 23.7 Å². The number of nitrogens with two attached hydrogens (primary N) is 1. The van der Waals surface area contributed by atoms with Crippen LogP contribution in [0.1, 0.15) is 15.3 Å².